The number of β-amino-alcohol motifs (C(OH)–C–C–N with tert-alkyl or cyclic N) is 1. The van der Waals surface area contributed by atoms with E-state index in [1.54, 1.807) is 11.0 Å². The molecule has 0 bridgehead atoms. The number of furan rings is 1. The van der Waals surface area contributed by atoms with E-state index in [9.17, 15) is 9.90 Å². The molecule has 0 saturated carbocycles. The van der Waals surface area contributed by atoms with Crippen LogP contribution in [0.3, 0.4) is 0 Å². The molecule has 1 aliphatic heterocycles. The molecule has 0 radical (unpaired) electrons. The summed E-state index contributed by atoms with van der Waals surface area (Å²) in [6, 6.07) is 1.54. The van der Waals surface area contributed by atoms with Crippen LogP contribution in [0, 0.1) is 0 Å². The van der Waals surface area contributed by atoms with Crippen LogP contribution in [-0.2, 0) is 0 Å². The van der Waals surface area contributed by atoms with Crippen LogP contribution in [0.15, 0.2) is 16.7 Å². The Kier molecular flexibility index (Phi) is 2.17. The standard InChI is InChI=1S/C9H12N2O3/c10-7-2-4-14-8(7)9(13)11-3-1-6(12)5-11/h2,4,6,12H,1,3,5,10H2. The van der Waals surface area contributed by atoms with Gasteiger partial charge in [0.15, 0.2) is 0 Å². The second-order valence-corrected chi connectivity index (χ2v) is 3.40. The molecule has 0 aliphatic carbocycles. The molecule has 1 saturated heterocycles. The highest BCUT2D eigenvalue weighted by molar-refractivity contribution is 5.96. The highest BCUT2D eigenvalue weighted by Gasteiger charge is 2.28. The third-order valence-electron chi connectivity index (χ3n) is 2.34. The molecule has 1 fully saturated rings. The highest BCUT2D eigenvalue weighted by Crippen LogP contribution is 2.18. The number of hydrogen-bond donors (Lipinski definition) is 2. The van der Waals surface area contributed by atoms with E-state index in [1.165, 1.54) is 6.26 Å². The fourth-order valence-corrected chi connectivity index (χ4v) is 1.56. The molecule has 5 heteroatoms. The number of nitrogen functional groups attached to an aromatic ring is 1. The lowest BCUT2D eigenvalue weighted by Gasteiger charge is -2.13. The van der Waals surface area contributed by atoms with Crippen LogP contribution in [0.25, 0.3) is 0 Å². The van der Waals surface area contributed by atoms with E-state index in [0.29, 0.717) is 25.2 Å². The maximum Gasteiger partial charge on any atom is 0.291 e. The topological polar surface area (TPSA) is 79.7 Å². The number of carbonyl (C=O) groups is 1. The number of aliphatic hydroxyl groups excluding tert-OH is 1. The van der Waals surface area contributed by atoms with Gasteiger partial charge in [-0.3, -0.25) is 4.79 Å². The molecule has 3 N–H and O–H groups in total. The van der Waals surface area contributed by atoms with Crippen LogP contribution < -0.4 is 5.73 Å². The third kappa shape index (κ3) is 1.46. The molecule has 0 aromatic carbocycles. The number of nitrogens with two attached hydrogens (primary N) is 1. The van der Waals surface area contributed by atoms with Crippen molar-refractivity contribution >= 4 is 11.6 Å². The van der Waals surface area contributed by atoms with Crippen molar-refractivity contribution < 1.29 is 14.3 Å². The van der Waals surface area contributed by atoms with Gasteiger partial charge in [0.1, 0.15) is 0 Å². The summed E-state index contributed by atoms with van der Waals surface area (Å²) in [6.45, 7) is 0.916. The van der Waals surface area contributed by atoms with Gasteiger partial charge < -0.3 is 20.2 Å². The van der Waals surface area contributed by atoms with Crippen molar-refractivity contribution in [3.05, 3.63) is 18.1 Å². The number of amides is 1. The lowest BCUT2D eigenvalue weighted by molar-refractivity contribution is 0.0735. The lowest BCUT2D eigenvalue weighted by Crippen LogP contribution is -2.29. The van der Waals surface area contributed by atoms with Gasteiger partial charge in [-0.2, -0.15) is 0 Å². The first kappa shape index (κ1) is 9.08. The molecule has 1 aromatic rings. The van der Waals surface area contributed by atoms with E-state index in [1.807, 2.05) is 0 Å². The van der Waals surface area contributed by atoms with Crippen molar-refractivity contribution in [2.75, 3.05) is 18.8 Å². The summed E-state index contributed by atoms with van der Waals surface area (Å²) in [5.41, 5.74) is 5.88. The summed E-state index contributed by atoms with van der Waals surface area (Å²) in [6.07, 6.45) is 1.58. The molecule has 1 atom stereocenters. The van der Waals surface area contributed by atoms with Crippen LogP contribution in [0.2, 0.25) is 0 Å². The Hall–Kier alpha value is -1.49. The second-order valence-electron chi connectivity index (χ2n) is 3.40. The molecule has 0 spiro atoms. The predicted molar refractivity (Wildman–Crippen MR) is 49.6 cm³/mol. The molecular weight excluding hydrogens is 184 g/mol. The molecule has 5 nitrogen and oxygen atoms in total. The number of likely N-dealkylation sites (tertiary alicyclic amines) is 1. The summed E-state index contributed by atoms with van der Waals surface area (Å²) in [5.74, 6) is -0.0804. The quantitative estimate of drug-likeness (QED) is 0.666. The fraction of sp³-hybridized carbons (Fsp3) is 0.444. The average Bonchev–Trinajstić information content (AvgIpc) is 2.73. The molecular formula is C9H12N2O3. The van der Waals surface area contributed by atoms with Crippen LogP contribution in [0.1, 0.15) is 17.0 Å². The van der Waals surface area contributed by atoms with Crippen molar-refractivity contribution in [2.45, 2.75) is 12.5 Å². The molecule has 1 aromatic heterocycles. The minimum atomic E-state index is -0.421. The normalized spacial score (nSPS) is 21.5. The minimum absolute atomic E-state index is 0.166. The minimum Gasteiger partial charge on any atom is -0.457 e. The number of aliphatic hydroxyl groups is 1. The van der Waals surface area contributed by atoms with Gasteiger partial charge >= 0.3 is 0 Å². The van der Waals surface area contributed by atoms with Crippen LogP contribution >= 0.6 is 0 Å². The SMILES string of the molecule is Nc1ccoc1C(=O)N1CCC(O)C1. The Balaban J connectivity index is 2.13. The number of rotatable bonds is 1. The van der Waals surface area contributed by atoms with Gasteiger partial charge in [0.05, 0.1) is 18.1 Å². The first-order chi connectivity index (χ1) is 6.68. The Bertz CT molecular complexity index is 348. The van der Waals surface area contributed by atoms with Gasteiger partial charge in [-0.25, -0.2) is 0 Å². The van der Waals surface area contributed by atoms with Crippen molar-refractivity contribution in [1.82, 2.24) is 4.90 Å². The predicted octanol–water partition coefficient (Wildman–Crippen LogP) is 0.0686. The summed E-state index contributed by atoms with van der Waals surface area (Å²) in [4.78, 5) is 13.3. The largest absolute Gasteiger partial charge is 0.457 e. The zero-order valence-corrected chi connectivity index (χ0v) is 7.64. The molecule has 2 heterocycles. The van der Waals surface area contributed by atoms with Crippen LogP contribution in [0.5, 0.6) is 0 Å². The van der Waals surface area contributed by atoms with Gasteiger partial charge in [-0.05, 0) is 6.42 Å². The van der Waals surface area contributed by atoms with E-state index in [4.69, 9.17) is 10.2 Å². The molecule has 76 valence electrons. The van der Waals surface area contributed by atoms with Gasteiger partial charge in [0.25, 0.3) is 5.91 Å². The van der Waals surface area contributed by atoms with Gasteiger partial charge in [0.2, 0.25) is 5.76 Å². The zero-order valence-electron chi connectivity index (χ0n) is 7.64. The van der Waals surface area contributed by atoms with Crippen molar-refractivity contribution in [2.24, 2.45) is 0 Å². The van der Waals surface area contributed by atoms with E-state index >= 15 is 0 Å². The summed E-state index contributed by atoms with van der Waals surface area (Å²) in [5, 5.41) is 9.26. The second kappa shape index (κ2) is 3.34. The molecule has 1 unspecified atom stereocenters. The van der Waals surface area contributed by atoms with Crippen molar-refractivity contribution in [3.8, 4) is 0 Å². The number of nitrogens with zero attached hydrogens (tertiary/aromatic N) is 1. The first-order valence-electron chi connectivity index (χ1n) is 4.49. The Morgan fingerprint density at radius 3 is 3.00 bits per heavy atom. The molecule has 1 aliphatic rings. The number of carbonyl (C=O) groups excluding carboxylic acids is 1. The van der Waals surface area contributed by atoms with E-state index in [-0.39, 0.29) is 11.7 Å². The van der Waals surface area contributed by atoms with Gasteiger partial charge in [-0.1, -0.05) is 0 Å². The zero-order chi connectivity index (χ0) is 10.1. The van der Waals surface area contributed by atoms with Crippen LogP contribution in [-0.4, -0.2) is 35.1 Å². The summed E-state index contributed by atoms with van der Waals surface area (Å²) >= 11 is 0. The van der Waals surface area contributed by atoms with Crippen molar-refractivity contribution in [3.63, 3.8) is 0 Å². The molecule has 1 amide bonds. The number of anilines is 1. The van der Waals surface area contributed by atoms with Crippen LogP contribution in [0.4, 0.5) is 5.69 Å². The van der Waals surface area contributed by atoms with Crippen molar-refractivity contribution in [1.29, 1.82) is 0 Å². The summed E-state index contributed by atoms with van der Waals surface area (Å²) in [7, 11) is 0. The van der Waals surface area contributed by atoms with E-state index < -0.39 is 6.10 Å². The third-order valence-corrected chi connectivity index (χ3v) is 2.34. The Morgan fingerprint density at radius 2 is 2.50 bits per heavy atom. The smallest absolute Gasteiger partial charge is 0.291 e. The Labute approximate surface area is 81.1 Å². The van der Waals surface area contributed by atoms with E-state index in [2.05, 4.69) is 0 Å². The summed E-state index contributed by atoms with van der Waals surface area (Å²) < 4.78 is 4.98. The van der Waals surface area contributed by atoms with Gasteiger partial charge in [0, 0.05) is 19.2 Å². The molecule has 14 heavy (non-hydrogen) atoms. The lowest BCUT2D eigenvalue weighted by atomic mass is 10.3. The maximum atomic E-state index is 11.7. The average molecular weight is 196 g/mol. The fourth-order valence-electron chi connectivity index (χ4n) is 1.56. The Morgan fingerprint density at radius 1 is 1.71 bits per heavy atom. The first-order valence-corrected chi connectivity index (χ1v) is 4.49. The highest BCUT2D eigenvalue weighted by atomic mass is 16.3. The van der Waals surface area contributed by atoms with E-state index in [0.717, 1.165) is 0 Å². The molecule has 2 rings (SSSR count). The maximum absolute atomic E-state index is 11.7. The number of hydrogen-bond acceptors (Lipinski definition) is 4. The van der Waals surface area contributed by atoms with Gasteiger partial charge in [-0.15, -0.1) is 0 Å². The monoisotopic (exact) mass is 196 g/mol.